The zero-order valence-corrected chi connectivity index (χ0v) is 14.9. The maximum Gasteiger partial charge on any atom is 0.433 e. The fraction of sp³-hybridized carbons (Fsp3) is 0.125. The van der Waals surface area contributed by atoms with Crippen LogP contribution in [-0.4, -0.2) is 31.6 Å². The van der Waals surface area contributed by atoms with Gasteiger partial charge in [-0.2, -0.15) is 18.3 Å². The number of nitrogens with one attached hydrogen (secondary N) is 2. The van der Waals surface area contributed by atoms with Crippen LogP contribution in [0.4, 0.5) is 18.9 Å². The van der Waals surface area contributed by atoms with Gasteiger partial charge < -0.3 is 15.6 Å². The smallest absolute Gasteiger partial charge is 0.366 e. The van der Waals surface area contributed by atoms with Crippen molar-refractivity contribution >= 4 is 29.1 Å². The molecule has 3 rings (SSSR count). The largest absolute Gasteiger partial charge is 0.433 e. The van der Waals surface area contributed by atoms with E-state index >= 15 is 0 Å². The average Bonchev–Trinajstić information content (AvgIpc) is 3.20. The molecule has 0 spiro atoms. The third-order valence-corrected chi connectivity index (χ3v) is 4.20. The molecule has 0 radical (unpaired) electrons. The number of hydrogen-bond donors (Lipinski definition) is 3. The third-order valence-electron chi connectivity index (χ3n) is 3.88. The Morgan fingerprint density at radius 1 is 1.29 bits per heavy atom. The number of nitrogens with two attached hydrogens (primary N) is 1. The number of rotatable bonds is 4. The molecular formula is C16H12ClF3N6O2. The van der Waals surface area contributed by atoms with Gasteiger partial charge in [0.1, 0.15) is 5.69 Å². The topological polar surface area (TPSA) is 119 Å². The predicted molar refractivity (Wildman–Crippen MR) is 93.7 cm³/mol. The number of halogens is 4. The molecule has 0 aliphatic heterocycles. The molecule has 146 valence electrons. The van der Waals surface area contributed by atoms with Crippen LogP contribution in [0.3, 0.4) is 0 Å². The molecule has 0 unspecified atom stereocenters. The first-order valence-electron chi connectivity index (χ1n) is 7.63. The van der Waals surface area contributed by atoms with Crippen LogP contribution >= 0.6 is 11.6 Å². The molecule has 2 aromatic heterocycles. The van der Waals surface area contributed by atoms with Crippen LogP contribution in [0.1, 0.15) is 26.7 Å². The highest BCUT2D eigenvalue weighted by Crippen LogP contribution is 2.35. The van der Waals surface area contributed by atoms with E-state index in [0.717, 1.165) is 12.4 Å². The Kier molecular flexibility index (Phi) is 4.86. The lowest BCUT2D eigenvalue weighted by Crippen LogP contribution is -2.18. The van der Waals surface area contributed by atoms with Gasteiger partial charge in [-0.3, -0.25) is 14.7 Å². The Bertz CT molecular complexity index is 1070. The Balaban J connectivity index is 1.88. The van der Waals surface area contributed by atoms with E-state index < -0.39 is 23.7 Å². The summed E-state index contributed by atoms with van der Waals surface area (Å²) < 4.78 is 40.4. The Hall–Kier alpha value is -3.34. The lowest BCUT2D eigenvalue weighted by atomic mass is 10.2. The third kappa shape index (κ3) is 3.56. The van der Waals surface area contributed by atoms with Crippen molar-refractivity contribution in [1.29, 1.82) is 0 Å². The van der Waals surface area contributed by atoms with Gasteiger partial charge >= 0.3 is 6.18 Å². The Morgan fingerprint density at radius 2 is 2.00 bits per heavy atom. The number of primary amides is 1. The number of amides is 2. The molecular weight excluding hydrogens is 401 g/mol. The molecule has 0 fully saturated rings. The van der Waals surface area contributed by atoms with E-state index in [4.69, 9.17) is 17.3 Å². The standard InChI is InChI=1S/C16H12ClF3N6O2/c1-26-11(9-5-23-25-12(9)16(18,19)20)6-22-14(26)15(28)24-7-2-3-8(13(21)27)10(17)4-7/h2-6H,1H3,(H2,21,27)(H,23,25)(H,24,28). The highest BCUT2D eigenvalue weighted by Gasteiger charge is 2.37. The Labute approximate surface area is 160 Å². The predicted octanol–water partition coefficient (Wildman–Crippen LogP) is 2.83. The second-order valence-corrected chi connectivity index (χ2v) is 6.10. The molecule has 28 heavy (non-hydrogen) atoms. The molecule has 2 heterocycles. The van der Waals surface area contributed by atoms with Crippen molar-refractivity contribution in [3.8, 4) is 11.3 Å². The normalized spacial score (nSPS) is 11.5. The molecule has 0 saturated carbocycles. The van der Waals surface area contributed by atoms with Gasteiger partial charge in [-0.05, 0) is 18.2 Å². The van der Waals surface area contributed by atoms with Gasteiger partial charge in [0.25, 0.3) is 5.91 Å². The first-order valence-corrected chi connectivity index (χ1v) is 8.00. The SMILES string of the molecule is Cn1c(-c2cn[nH]c2C(F)(F)F)cnc1C(=O)Nc1ccc(C(N)=O)c(Cl)c1. The van der Waals surface area contributed by atoms with Crippen LogP contribution in [-0.2, 0) is 13.2 Å². The number of carbonyl (C=O) groups excluding carboxylic acids is 2. The van der Waals surface area contributed by atoms with Crippen molar-refractivity contribution in [2.75, 3.05) is 5.32 Å². The number of carbonyl (C=O) groups is 2. The van der Waals surface area contributed by atoms with Crippen molar-refractivity contribution in [2.45, 2.75) is 6.18 Å². The number of aromatic amines is 1. The Morgan fingerprint density at radius 3 is 2.61 bits per heavy atom. The molecule has 0 aliphatic carbocycles. The minimum absolute atomic E-state index is 0.0408. The summed E-state index contributed by atoms with van der Waals surface area (Å²) in [5.41, 5.74) is 4.26. The molecule has 0 aliphatic rings. The van der Waals surface area contributed by atoms with Gasteiger partial charge in [0, 0.05) is 12.7 Å². The molecule has 8 nitrogen and oxygen atoms in total. The van der Waals surface area contributed by atoms with Crippen LogP contribution in [0.25, 0.3) is 11.3 Å². The summed E-state index contributed by atoms with van der Waals surface area (Å²) in [4.78, 5) is 27.5. The minimum atomic E-state index is -4.64. The number of anilines is 1. The maximum atomic E-state index is 13.1. The molecule has 0 saturated heterocycles. The summed E-state index contributed by atoms with van der Waals surface area (Å²) >= 11 is 5.93. The highest BCUT2D eigenvalue weighted by molar-refractivity contribution is 6.34. The van der Waals surface area contributed by atoms with Crippen molar-refractivity contribution in [2.24, 2.45) is 12.8 Å². The molecule has 0 atom stereocenters. The fourth-order valence-electron chi connectivity index (χ4n) is 2.55. The molecule has 12 heteroatoms. The van der Waals surface area contributed by atoms with Gasteiger partial charge in [0.2, 0.25) is 5.91 Å². The number of benzene rings is 1. The van der Waals surface area contributed by atoms with E-state index in [1.165, 1.54) is 29.8 Å². The van der Waals surface area contributed by atoms with Gasteiger partial charge in [0.15, 0.2) is 5.82 Å². The van der Waals surface area contributed by atoms with Crippen molar-refractivity contribution in [3.63, 3.8) is 0 Å². The van der Waals surface area contributed by atoms with Gasteiger partial charge in [0.05, 0.1) is 34.2 Å². The summed E-state index contributed by atoms with van der Waals surface area (Å²) in [6.45, 7) is 0. The summed E-state index contributed by atoms with van der Waals surface area (Å²) in [5.74, 6) is -1.55. The van der Waals surface area contributed by atoms with Crippen LogP contribution in [0.2, 0.25) is 5.02 Å². The zero-order chi connectivity index (χ0) is 20.6. The maximum absolute atomic E-state index is 13.1. The van der Waals surface area contributed by atoms with E-state index in [-0.39, 0.29) is 33.4 Å². The molecule has 3 aromatic rings. The molecule has 2 amide bonds. The van der Waals surface area contributed by atoms with Crippen LogP contribution in [0.15, 0.2) is 30.6 Å². The summed E-state index contributed by atoms with van der Waals surface area (Å²) in [6, 6.07) is 4.07. The van der Waals surface area contributed by atoms with Crippen LogP contribution < -0.4 is 11.1 Å². The lowest BCUT2D eigenvalue weighted by Gasteiger charge is -2.09. The number of hydrogen-bond acceptors (Lipinski definition) is 4. The minimum Gasteiger partial charge on any atom is -0.366 e. The molecule has 1 aromatic carbocycles. The van der Waals surface area contributed by atoms with Crippen molar-refractivity contribution in [3.05, 3.63) is 52.7 Å². The van der Waals surface area contributed by atoms with Crippen LogP contribution in [0.5, 0.6) is 0 Å². The number of aromatic nitrogens is 4. The molecule has 0 bridgehead atoms. The van der Waals surface area contributed by atoms with E-state index in [9.17, 15) is 22.8 Å². The van der Waals surface area contributed by atoms with Crippen molar-refractivity contribution in [1.82, 2.24) is 19.7 Å². The van der Waals surface area contributed by atoms with Crippen LogP contribution in [0, 0.1) is 0 Å². The molecule has 4 N–H and O–H groups in total. The summed E-state index contributed by atoms with van der Waals surface area (Å²) in [7, 11) is 1.40. The second-order valence-electron chi connectivity index (χ2n) is 5.70. The zero-order valence-electron chi connectivity index (χ0n) is 14.1. The second kappa shape index (κ2) is 7.00. The van der Waals surface area contributed by atoms with E-state index in [1.807, 2.05) is 5.10 Å². The number of alkyl halides is 3. The van der Waals surface area contributed by atoms with Gasteiger partial charge in [-0.25, -0.2) is 4.98 Å². The summed E-state index contributed by atoms with van der Waals surface area (Å²) in [6.07, 6.45) is -2.50. The van der Waals surface area contributed by atoms with Gasteiger partial charge in [-0.1, -0.05) is 11.6 Å². The van der Waals surface area contributed by atoms with Crippen molar-refractivity contribution < 1.29 is 22.8 Å². The first kappa shape index (κ1) is 19.4. The summed E-state index contributed by atoms with van der Waals surface area (Å²) in [5, 5.41) is 7.87. The number of H-pyrrole nitrogens is 1. The van der Waals surface area contributed by atoms with Gasteiger partial charge in [-0.15, -0.1) is 0 Å². The lowest BCUT2D eigenvalue weighted by molar-refractivity contribution is -0.140. The fourth-order valence-corrected chi connectivity index (χ4v) is 2.82. The number of nitrogens with zero attached hydrogens (tertiary/aromatic N) is 3. The monoisotopic (exact) mass is 412 g/mol. The van der Waals surface area contributed by atoms with E-state index in [2.05, 4.69) is 15.4 Å². The average molecular weight is 413 g/mol. The first-order chi connectivity index (χ1) is 13.1. The highest BCUT2D eigenvalue weighted by atomic mass is 35.5. The number of imidazole rings is 1. The van der Waals surface area contributed by atoms with E-state index in [0.29, 0.717) is 0 Å². The quantitative estimate of drug-likeness (QED) is 0.610. The van der Waals surface area contributed by atoms with E-state index in [1.54, 1.807) is 0 Å².